The van der Waals surface area contributed by atoms with Gasteiger partial charge < -0.3 is 14.4 Å². The number of pyridine rings is 1. The summed E-state index contributed by atoms with van der Waals surface area (Å²) < 4.78 is 20.5. The van der Waals surface area contributed by atoms with E-state index in [1.165, 1.54) is 17.2 Å². The van der Waals surface area contributed by atoms with Crippen molar-refractivity contribution in [2.45, 2.75) is 31.6 Å². The van der Waals surface area contributed by atoms with Crippen molar-refractivity contribution in [2.24, 2.45) is 0 Å². The van der Waals surface area contributed by atoms with Gasteiger partial charge in [0.15, 0.2) is 11.6 Å². The molecule has 0 aliphatic heterocycles. The molecule has 1 aliphatic rings. The molecule has 1 aromatic heterocycles. The van der Waals surface area contributed by atoms with Gasteiger partial charge in [-0.3, -0.25) is 0 Å². The Morgan fingerprint density at radius 1 is 1.46 bits per heavy atom. The fourth-order valence-corrected chi connectivity index (χ4v) is 4.04. The Morgan fingerprint density at radius 2 is 2.29 bits per heavy atom. The van der Waals surface area contributed by atoms with E-state index in [4.69, 9.17) is 10.00 Å². The molecule has 1 atom stereocenters. The SMILES string of the molecule is CN(CCCOc1ccc2c(c1)CC[C@H]2CC=O)c1nc(I)c(C#N)cc1F. The highest BCUT2D eigenvalue weighted by Gasteiger charge is 2.22. The lowest BCUT2D eigenvalue weighted by Gasteiger charge is -2.19. The molecule has 0 N–H and O–H groups in total. The van der Waals surface area contributed by atoms with Gasteiger partial charge in [-0.1, -0.05) is 6.07 Å². The van der Waals surface area contributed by atoms with Crippen LogP contribution in [-0.4, -0.2) is 31.5 Å². The van der Waals surface area contributed by atoms with Crippen molar-refractivity contribution in [1.29, 1.82) is 5.26 Å². The third-order valence-electron chi connectivity index (χ3n) is 5.00. The third-order valence-corrected chi connectivity index (χ3v) is 5.82. The van der Waals surface area contributed by atoms with E-state index >= 15 is 0 Å². The van der Waals surface area contributed by atoms with Gasteiger partial charge in [0.1, 0.15) is 21.8 Å². The second kappa shape index (κ2) is 9.32. The Bertz CT molecular complexity index is 913. The predicted molar refractivity (Wildman–Crippen MR) is 113 cm³/mol. The predicted octanol–water partition coefficient (Wildman–Crippen LogP) is 4.22. The summed E-state index contributed by atoms with van der Waals surface area (Å²) in [5.74, 6) is 0.907. The van der Waals surface area contributed by atoms with Crippen LogP contribution < -0.4 is 9.64 Å². The van der Waals surface area contributed by atoms with Crippen LogP contribution in [0.25, 0.3) is 0 Å². The molecular weight excluding hydrogens is 472 g/mol. The fraction of sp³-hybridized carbons (Fsp3) is 0.381. The maximum atomic E-state index is 14.1. The number of fused-ring (bicyclic) bond motifs is 1. The fourth-order valence-electron chi connectivity index (χ4n) is 3.53. The number of benzene rings is 1. The normalized spacial score (nSPS) is 15.0. The summed E-state index contributed by atoms with van der Waals surface area (Å²) in [6, 6.07) is 9.24. The van der Waals surface area contributed by atoms with E-state index in [-0.39, 0.29) is 11.4 Å². The summed E-state index contributed by atoms with van der Waals surface area (Å²) in [6.45, 7) is 1.09. The number of anilines is 1. The highest BCUT2D eigenvalue weighted by atomic mass is 127. The van der Waals surface area contributed by atoms with Gasteiger partial charge in [0.25, 0.3) is 0 Å². The monoisotopic (exact) mass is 493 g/mol. The summed E-state index contributed by atoms with van der Waals surface area (Å²) in [5, 5.41) is 8.95. The average molecular weight is 493 g/mol. The van der Waals surface area contributed by atoms with E-state index in [0.29, 0.717) is 35.6 Å². The standard InChI is InChI=1S/C21H21FIN3O2/c1-26(21-19(22)12-16(13-24)20(23)25-21)8-2-10-28-17-5-6-18-14(7-9-27)3-4-15(18)11-17/h5-6,9,11-12,14H,2-4,7-8,10H2,1H3/t14-/m0/s1. The Labute approximate surface area is 177 Å². The van der Waals surface area contributed by atoms with Gasteiger partial charge in [0.2, 0.25) is 0 Å². The van der Waals surface area contributed by atoms with E-state index in [1.807, 2.05) is 34.7 Å². The smallest absolute Gasteiger partial charge is 0.167 e. The summed E-state index contributed by atoms with van der Waals surface area (Å²) in [6.07, 6.45) is 4.28. The second-order valence-electron chi connectivity index (χ2n) is 6.87. The van der Waals surface area contributed by atoms with E-state index in [2.05, 4.69) is 17.1 Å². The Hall–Kier alpha value is -2.21. The van der Waals surface area contributed by atoms with Gasteiger partial charge in [-0.05, 0) is 77.1 Å². The van der Waals surface area contributed by atoms with Gasteiger partial charge in [-0.2, -0.15) is 5.26 Å². The molecule has 0 spiro atoms. The minimum atomic E-state index is -0.496. The van der Waals surface area contributed by atoms with Crippen molar-refractivity contribution in [3.63, 3.8) is 0 Å². The molecule has 28 heavy (non-hydrogen) atoms. The third kappa shape index (κ3) is 4.61. The minimum Gasteiger partial charge on any atom is -0.494 e. The van der Waals surface area contributed by atoms with Crippen molar-refractivity contribution in [1.82, 2.24) is 4.98 Å². The topological polar surface area (TPSA) is 66.2 Å². The lowest BCUT2D eigenvalue weighted by Crippen LogP contribution is -2.23. The number of aryl methyl sites for hydroxylation is 1. The first-order valence-corrected chi connectivity index (χ1v) is 10.3. The van der Waals surface area contributed by atoms with Crippen LogP contribution >= 0.6 is 22.6 Å². The Balaban J connectivity index is 1.52. The molecule has 3 rings (SSSR count). The summed E-state index contributed by atoms with van der Waals surface area (Å²) in [4.78, 5) is 16.7. The molecule has 1 aliphatic carbocycles. The molecule has 0 saturated carbocycles. The maximum Gasteiger partial charge on any atom is 0.167 e. The molecule has 0 amide bonds. The largest absolute Gasteiger partial charge is 0.494 e. The average Bonchev–Trinajstić information content (AvgIpc) is 3.09. The van der Waals surface area contributed by atoms with E-state index < -0.39 is 5.82 Å². The molecule has 0 radical (unpaired) electrons. The Kier molecular flexibility index (Phi) is 6.83. The van der Waals surface area contributed by atoms with Crippen LogP contribution in [0, 0.1) is 20.8 Å². The van der Waals surface area contributed by atoms with Crippen LogP contribution in [0.4, 0.5) is 10.2 Å². The van der Waals surface area contributed by atoms with E-state index in [1.54, 1.807) is 11.9 Å². The second-order valence-corrected chi connectivity index (χ2v) is 7.89. The zero-order valence-corrected chi connectivity index (χ0v) is 17.8. The van der Waals surface area contributed by atoms with Crippen molar-refractivity contribution in [3.05, 3.63) is 50.5 Å². The first-order valence-electron chi connectivity index (χ1n) is 9.20. The molecule has 0 bridgehead atoms. The molecule has 0 fully saturated rings. The summed E-state index contributed by atoms with van der Waals surface area (Å²) in [7, 11) is 1.77. The summed E-state index contributed by atoms with van der Waals surface area (Å²) >= 11 is 1.94. The first-order chi connectivity index (χ1) is 13.5. The highest BCUT2D eigenvalue weighted by Crippen LogP contribution is 2.36. The van der Waals surface area contributed by atoms with Crippen LogP contribution in [0.2, 0.25) is 0 Å². The molecule has 1 aromatic carbocycles. The van der Waals surface area contributed by atoms with Gasteiger partial charge in [0.05, 0.1) is 12.2 Å². The van der Waals surface area contributed by atoms with Crippen LogP contribution in [-0.2, 0) is 11.2 Å². The van der Waals surface area contributed by atoms with Crippen LogP contribution in [0.3, 0.4) is 0 Å². The number of nitrogens with zero attached hydrogens (tertiary/aromatic N) is 3. The Morgan fingerprint density at radius 3 is 3.04 bits per heavy atom. The zero-order valence-electron chi connectivity index (χ0n) is 15.6. The van der Waals surface area contributed by atoms with Gasteiger partial charge in [-0.25, -0.2) is 9.37 Å². The number of ether oxygens (including phenoxy) is 1. The number of carbonyl (C=O) groups excluding carboxylic acids is 1. The van der Waals surface area contributed by atoms with Crippen LogP contribution in [0.5, 0.6) is 5.75 Å². The number of hydrogen-bond donors (Lipinski definition) is 0. The van der Waals surface area contributed by atoms with Crippen molar-refractivity contribution in [3.8, 4) is 11.8 Å². The molecule has 1 heterocycles. The number of rotatable bonds is 8. The number of hydrogen-bond acceptors (Lipinski definition) is 5. The van der Waals surface area contributed by atoms with Gasteiger partial charge in [-0.15, -0.1) is 0 Å². The summed E-state index contributed by atoms with van der Waals surface area (Å²) in [5.41, 5.74) is 2.77. The number of aromatic nitrogens is 1. The molecule has 0 unspecified atom stereocenters. The van der Waals surface area contributed by atoms with Gasteiger partial charge in [0, 0.05) is 20.0 Å². The molecule has 2 aromatic rings. The van der Waals surface area contributed by atoms with E-state index in [9.17, 15) is 9.18 Å². The molecule has 7 heteroatoms. The zero-order chi connectivity index (χ0) is 20.1. The number of nitriles is 1. The highest BCUT2D eigenvalue weighted by molar-refractivity contribution is 14.1. The molecule has 0 saturated heterocycles. The first kappa shape index (κ1) is 20.5. The van der Waals surface area contributed by atoms with Crippen molar-refractivity contribution >= 4 is 34.7 Å². The lowest BCUT2D eigenvalue weighted by atomic mass is 9.99. The van der Waals surface area contributed by atoms with Gasteiger partial charge >= 0.3 is 0 Å². The number of aldehydes is 1. The molecule has 5 nitrogen and oxygen atoms in total. The quantitative estimate of drug-likeness (QED) is 0.239. The minimum absolute atomic E-state index is 0.238. The number of carbonyl (C=O) groups is 1. The lowest BCUT2D eigenvalue weighted by molar-refractivity contribution is -0.108. The van der Waals surface area contributed by atoms with Crippen molar-refractivity contribution < 1.29 is 13.9 Å². The molecular formula is C21H21FIN3O2. The van der Waals surface area contributed by atoms with Crippen LogP contribution in [0.15, 0.2) is 24.3 Å². The maximum absolute atomic E-state index is 14.1. The van der Waals surface area contributed by atoms with Crippen molar-refractivity contribution in [2.75, 3.05) is 25.1 Å². The molecule has 146 valence electrons. The van der Waals surface area contributed by atoms with E-state index in [0.717, 1.165) is 24.9 Å². The van der Waals surface area contributed by atoms with Crippen LogP contribution in [0.1, 0.15) is 41.9 Å². The number of halogens is 2.